The Morgan fingerprint density at radius 1 is 0.531 bits per heavy atom. The maximum Gasteiger partial charge on any atom is 0.200 e. The second-order valence-electron chi connectivity index (χ2n) is 6.62. The normalized spacial score (nSPS) is 11.5. The number of hydrogen-bond acceptors (Lipinski definition) is 1. The van der Waals surface area contributed by atoms with E-state index in [4.69, 9.17) is 0 Å². The lowest BCUT2D eigenvalue weighted by molar-refractivity contribution is 0.383. The van der Waals surface area contributed by atoms with Crippen molar-refractivity contribution in [1.82, 2.24) is 0 Å². The number of phenolic OH excluding ortho intramolecular Hbond substituents is 1. The Labute approximate surface area is 174 Å². The van der Waals surface area contributed by atoms with Gasteiger partial charge in [-0.15, -0.1) is 0 Å². The van der Waals surface area contributed by atoms with Crippen molar-refractivity contribution in [2.75, 3.05) is 0 Å². The van der Waals surface area contributed by atoms with Gasteiger partial charge in [0.15, 0.2) is 46.5 Å². The van der Waals surface area contributed by atoms with E-state index in [1.165, 1.54) is 19.9 Å². The van der Waals surface area contributed by atoms with E-state index in [2.05, 4.69) is 0 Å². The minimum Gasteiger partial charge on any atom is -0.507 e. The second-order valence-corrected chi connectivity index (χ2v) is 8.67. The van der Waals surface area contributed by atoms with Crippen LogP contribution in [-0.4, -0.2) is 5.11 Å². The van der Waals surface area contributed by atoms with E-state index in [1.807, 2.05) is 0 Å². The van der Waals surface area contributed by atoms with Crippen molar-refractivity contribution in [3.05, 3.63) is 81.4 Å². The molecule has 32 heavy (non-hydrogen) atoms. The summed E-state index contributed by atoms with van der Waals surface area (Å²) in [7, 11) is -3.72. The summed E-state index contributed by atoms with van der Waals surface area (Å²) in [6, 6.07) is 2.17. The van der Waals surface area contributed by atoms with Crippen LogP contribution in [0.5, 0.6) is 5.75 Å². The molecule has 12 heteroatoms. The molecule has 0 radical (unpaired) electrons. The van der Waals surface area contributed by atoms with Gasteiger partial charge in [-0.2, -0.15) is 0 Å². The fourth-order valence-electron chi connectivity index (χ4n) is 3.04. The van der Waals surface area contributed by atoms with Crippen LogP contribution in [0.3, 0.4) is 0 Å². The molecule has 3 rings (SSSR count). The predicted molar refractivity (Wildman–Crippen MR) is 95.9 cm³/mol. The Kier molecular flexibility index (Phi) is 6.16. The van der Waals surface area contributed by atoms with Gasteiger partial charge in [-0.25, -0.2) is 43.9 Å². The number of hydrogen-bond donors (Lipinski definition) is 1. The van der Waals surface area contributed by atoms with Crippen LogP contribution < -0.4 is 15.9 Å². The summed E-state index contributed by atoms with van der Waals surface area (Å²) in [4.78, 5) is 0. The summed E-state index contributed by atoms with van der Waals surface area (Å²) in [5.41, 5.74) is 0.135. The lowest BCUT2D eigenvalue weighted by atomic mass is 10.1. The number of rotatable bonds is 3. The first-order valence-corrected chi connectivity index (χ1v) is 9.78. The molecule has 170 valence electrons. The third-order valence-electron chi connectivity index (χ3n) is 4.49. The monoisotopic (exact) mass is 486 g/mol. The Hall–Kier alpha value is -2.81. The molecule has 0 aliphatic carbocycles. The molecule has 1 nitrogen and oxygen atoms in total. The minimum absolute atomic E-state index is 0.0553. The minimum atomic E-state index is -3.72. The van der Waals surface area contributed by atoms with E-state index in [0.29, 0.717) is 0 Å². The summed E-state index contributed by atoms with van der Waals surface area (Å²) in [5, 5.41) is 5.89. The van der Waals surface area contributed by atoms with Gasteiger partial charge < -0.3 is 5.11 Å². The van der Waals surface area contributed by atoms with Crippen LogP contribution in [0.2, 0.25) is 0 Å². The number of benzene rings is 3. The highest BCUT2D eigenvalue weighted by Gasteiger charge is 2.39. The van der Waals surface area contributed by atoms with Crippen molar-refractivity contribution >= 4 is 23.8 Å². The fraction of sp³-hybridized carbons (Fsp3) is 0.100. The quantitative estimate of drug-likeness (QED) is 0.235. The highest BCUT2D eigenvalue weighted by molar-refractivity contribution is 7.80. The number of aryl methyl sites for hydroxylation is 2. The van der Waals surface area contributed by atoms with Crippen LogP contribution >= 0.6 is 7.92 Å². The third-order valence-corrected chi connectivity index (χ3v) is 6.99. The average Bonchev–Trinajstić information content (AvgIpc) is 2.75. The van der Waals surface area contributed by atoms with Crippen molar-refractivity contribution in [2.24, 2.45) is 0 Å². The molecule has 0 saturated heterocycles. The molecule has 1 N–H and O–H groups in total. The summed E-state index contributed by atoms with van der Waals surface area (Å²) in [6.45, 7) is 2.58. The molecule has 0 atom stereocenters. The highest BCUT2D eigenvalue weighted by Crippen LogP contribution is 2.43. The summed E-state index contributed by atoms with van der Waals surface area (Å²) < 4.78 is 141. The van der Waals surface area contributed by atoms with E-state index in [-0.39, 0.29) is 11.1 Å². The van der Waals surface area contributed by atoms with Gasteiger partial charge in [-0.3, -0.25) is 0 Å². The molecule has 0 fully saturated rings. The van der Waals surface area contributed by atoms with Crippen molar-refractivity contribution in [3.8, 4) is 5.75 Å². The van der Waals surface area contributed by atoms with Gasteiger partial charge >= 0.3 is 0 Å². The zero-order chi connectivity index (χ0) is 24.2. The Bertz CT molecular complexity index is 1150. The molecule has 0 aliphatic rings. The molecule has 3 aromatic rings. The van der Waals surface area contributed by atoms with Gasteiger partial charge in [-0.05, 0) is 31.0 Å². The third kappa shape index (κ3) is 3.48. The van der Waals surface area contributed by atoms with Crippen molar-refractivity contribution in [3.63, 3.8) is 0 Å². The molecule has 0 aromatic heterocycles. The SMILES string of the molecule is Cc1cc(C)c(O)c(P(c2c(F)c(F)c(F)c(F)c2F)c2c(F)c(F)c(F)c(F)c2F)c1. The van der Waals surface area contributed by atoms with E-state index in [1.54, 1.807) is 0 Å². The van der Waals surface area contributed by atoms with Gasteiger partial charge in [0.2, 0.25) is 11.6 Å². The molecule has 0 amide bonds. The number of aromatic hydroxyl groups is 1. The van der Waals surface area contributed by atoms with E-state index in [0.717, 1.165) is 6.07 Å². The van der Waals surface area contributed by atoms with Gasteiger partial charge in [0.25, 0.3) is 0 Å². The van der Waals surface area contributed by atoms with E-state index >= 15 is 0 Å². The molecule has 0 aliphatic heterocycles. The van der Waals surface area contributed by atoms with Gasteiger partial charge in [0.1, 0.15) is 5.75 Å². The molecule has 0 heterocycles. The first kappa shape index (κ1) is 23.8. The molecular weight excluding hydrogens is 477 g/mol. The first-order valence-electron chi connectivity index (χ1n) is 8.44. The molecule has 0 saturated carbocycles. The maximum absolute atomic E-state index is 14.6. The molecule has 3 aromatic carbocycles. The molecular formula is C20H9F10OP. The van der Waals surface area contributed by atoms with Crippen LogP contribution in [0.1, 0.15) is 11.1 Å². The zero-order valence-electron chi connectivity index (χ0n) is 15.8. The molecule has 0 bridgehead atoms. The number of halogens is 10. The standard InChI is InChI=1S/C20H9F10OP/c1-5-3-6(2)18(31)7(4-5)32(19-14(27)10(23)8(21)11(24)15(19)28)20-16(29)12(25)9(22)13(26)17(20)30/h3-4,31H,1-2H3. The topological polar surface area (TPSA) is 20.2 Å². The smallest absolute Gasteiger partial charge is 0.200 e. The van der Waals surface area contributed by atoms with Crippen LogP contribution in [0.25, 0.3) is 0 Å². The van der Waals surface area contributed by atoms with Crippen molar-refractivity contribution in [2.45, 2.75) is 13.8 Å². The van der Waals surface area contributed by atoms with Crippen LogP contribution in [-0.2, 0) is 0 Å². The average molecular weight is 486 g/mol. The fourth-order valence-corrected chi connectivity index (χ4v) is 5.64. The lowest BCUT2D eigenvalue weighted by Gasteiger charge is -2.24. The summed E-state index contributed by atoms with van der Waals surface area (Å²) >= 11 is 0. The maximum atomic E-state index is 14.6. The van der Waals surface area contributed by atoms with Crippen molar-refractivity contribution in [1.29, 1.82) is 0 Å². The van der Waals surface area contributed by atoms with Crippen LogP contribution in [0, 0.1) is 72.0 Å². The Morgan fingerprint density at radius 3 is 1.19 bits per heavy atom. The first-order chi connectivity index (χ1) is 14.8. The lowest BCUT2D eigenvalue weighted by Crippen LogP contribution is -2.33. The van der Waals surface area contributed by atoms with Crippen LogP contribution in [0.4, 0.5) is 43.9 Å². The Morgan fingerprint density at radius 2 is 0.844 bits per heavy atom. The van der Waals surface area contributed by atoms with Crippen molar-refractivity contribution < 1.29 is 49.0 Å². The highest BCUT2D eigenvalue weighted by atomic mass is 31.1. The largest absolute Gasteiger partial charge is 0.507 e. The van der Waals surface area contributed by atoms with Gasteiger partial charge in [0, 0.05) is 13.2 Å². The van der Waals surface area contributed by atoms with Gasteiger partial charge in [-0.1, -0.05) is 6.07 Å². The molecule has 0 unspecified atom stereocenters. The predicted octanol–water partition coefficient (Wildman–Crippen LogP) is 5.16. The number of phenols is 1. The van der Waals surface area contributed by atoms with Crippen LogP contribution in [0.15, 0.2) is 12.1 Å². The summed E-state index contributed by atoms with van der Waals surface area (Å²) in [6.07, 6.45) is 0. The zero-order valence-corrected chi connectivity index (χ0v) is 16.7. The second kappa shape index (κ2) is 8.27. The molecule has 0 spiro atoms. The summed E-state index contributed by atoms with van der Waals surface area (Å²) in [5.74, 6) is -26.3. The Balaban J connectivity index is 2.60. The van der Waals surface area contributed by atoms with Gasteiger partial charge in [0.05, 0.1) is 10.6 Å². The van der Waals surface area contributed by atoms with E-state index in [9.17, 15) is 49.0 Å². The van der Waals surface area contributed by atoms with E-state index < -0.39 is 87.8 Å².